The summed E-state index contributed by atoms with van der Waals surface area (Å²) < 4.78 is 0. The van der Waals surface area contributed by atoms with E-state index in [-0.39, 0.29) is 18.2 Å². The van der Waals surface area contributed by atoms with E-state index in [4.69, 9.17) is 0 Å². The molecule has 0 unspecified atom stereocenters. The molecule has 0 aromatic heterocycles. The van der Waals surface area contributed by atoms with Gasteiger partial charge in [0.25, 0.3) is 5.91 Å². The highest BCUT2D eigenvalue weighted by atomic mass is 16.2. The number of ketones is 1. The number of rotatable bonds is 3. The van der Waals surface area contributed by atoms with E-state index in [2.05, 4.69) is 10.6 Å². The van der Waals surface area contributed by atoms with Crippen LogP contribution in [0.5, 0.6) is 0 Å². The van der Waals surface area contributed by atoms with Crippen LogP contribution < -0.4 is 10.6 Å². The summed E-state index contributed by atoms with van der Waals surface area (Å²) in [6.45, 7) is 3.10. The molecule has 1 spiro atoms. The molecule has 6 nitrogen and oxygen atoms in total. The van der Waals surface area contributed by atoms with Gasteiger partial charge >= 0.3 is 6.03 Å². The highest BCUT2D eigenvalue weighted by Crippen LogP contribution is 2.27. The molecule has 0 bridgehead atoms. The van der Waals surface area contributed by atoms with E-state index >= 15 is 0 Å². The predicted octanol–water partition coefficient (Wildman–Crippen LogP) is 0.852. The zero-order chi connectivity index (χ0) is 15.7. The SMILES string of the molecule is Cc1ccc(C(=O)CN2C(=O)NC3(CCNCC3)C2=O)cc1. The quantitative estimate of drug-likeness (QED) is 0.641. The fourth-order valence-electron chi connectivity index (χ4n) is 2.99. The fourth-order valence-corrected chi connectivity index (χ4v) is 2.99. The van der Waals surface area contributed by atoms with Gasteiger partial charge in [-0.15, -0.1) is 0 Å². The molecule has 0 saturated carbocycles. The lowest BCUT2D eigenvalue weighted by Crippen LogP contribution is -2.54. The number of carbonyl (C=O) groups excluding carboxylic acids is 3. The molecule has 6 heteroatoms. The lowest BCUT2D eigenvalue weighted by atomic mass is 9.88. The van der Waals surface area contributed by atoms with E-state index in [9.17, 15) is 14.4 Å². The Morgan fingerprint density at radius 3 is 2.45 bits per heavy atom. The summed E-state index contributed by atoms with van der Waals surface area (Å²) in [6, 6.07) is 6.65. The Labute approximate surface area is 128 Å². The van der Waals surface area contributed by atoms with Gasteiger partial charge in [-0.2, -0.15) is 0 Å². The van der Waals surface area contributed by atoms with Gasteiger partial charge in [0.15, 0.2) is 5.78 Å². The molecular weight excluding hydrogens is 282 g/mol. The number of carbonyl (C=O) groups is 3. The highest BCUT2D eigenvalue weighted by molar-refractivity contribution is 6.11. The number of aryl methyl sites for hydroxylation is 1. The van der Waals surface area contributed by atoms with Crippen LogP contribution in [0.2, 0.25) is 0 Å². The number of benzene rings is 1. The van der Waals surface area contributed by atoms with Crippen LogP contribution in [0.25, 0.3) is 0 Å². The van der Waals surface area contributed by atoms with Crippen molar-refractivity contribution in [2.24, 2.45) is 0 Å². The summed E-state index contributed by atoms with van der Waals surface area (Å²) in [7, 11) is 0. The molecule has 2 N–H and O–H groups in total. The van der Waals surface area contributed by atoms with Crippen molar-refractivity contribution in [1.82, 2.24) is 15.5 Å². The van der Waals surface area contributed by atoms with Crippen LogP contribution in [-0.2, 0) is 4.79 Å². The third-order valence-corrected chi connectivity index (χ3v) is 4.38. The summed E-state index contributed by atoms with van der Waals surface area (Å²) in [6.07, 6.45) is 1.12. The second-order valence-corrected chi connectivity index (χ2v) is 5.94. The van der Waals surface area contributed by atoms with Gasteiger partial charge < -0.3 is 10.6 Å². The minimum Gasteiger partial charge on any atom is -0.323 e. The molecule has 2 heterocycles. The summed E-state index contributed by atoms with van der Waals surface area (Å²) in [5.74, 6) is -0.506. The smallest absolute Gasteiger partial charge is 0.323 e. The molecule has 22 heavy (non-hydrogen) atoms. The minimum absolute atomic E-state index is 0.205. The van der Waals surface area contributed by atoms with Crippen LogP contribution in [0.4, 0.5) is 4.79 Å². The van der Waals surface area contributed by atoms with Crippen molar-refractivity contribution in [3.8, 4) is 0 Å². The Balaban J connectivity index is 1.74. The third-order valence-electron chi connectivity index (χ3n) is 4.38. The van der Waals surface area contributed by atoms with Crippen molar-refractivity contribution in [3.63, 3.8) is 0 Å². The number of hydrogen-bond acceptors (Lipinski definition) is 4. The highest BCUT2D eigenvalue weighted by Gasteiger charge is 2.51. The van der Waals surface area contributed by atoms with E-state index in [1.165, 1.54) is 0 Å². The molecule has 2 aliphatic rings. The minimum atomic E-state index is -0.824. The number of nitrogens with zero attached hydrogens (tertiary/aromatic N) is 1. The molecule has 1 aromatic carbocycles. The lowest BCUT2D eigenvalue weighted by Gasteiger charge is -2.31. The van der Waals surface area contributed by atoms with E-state index in [1.807, 2.05) is 19.1 Å². The average molecular weight is 301 g/mol. The summed E-state index contributed by atoms with van der Waals surface area (Å²) in [5, 5.41) is 5.95. The topological polar surface area (TPSA) is 78.5 Å². The number of nitrogens with one attached hydrogen (secondary N) is 2. The maximum absolute atomic E-state index is 12.6. The average Bonchev–Trinajstić information content (AvgIpc) is 2.73. The van der Waals surface area contributed by atoms with E-state index in [0.717, 1.165) is 10.5 Å². The first-order valence-electron chi connectivity index (χ1n) is 7.46. The molecular formula is C16H19N3O3. The Bertz CT molecular complexity index is 618. The zero-order valence-corrected chi connectivity index (χ0v) is 12.5. The van der Waals surface area contributed by atoms with Crippen molar-refractivity contribution in [2.45, 2.75) is 25.3 Å². The Hall–Kier alpha value is -2.21. The van der Waals surface area contributed by atoms with Crippen molar-refractivity contribution >= 4 is 17.7 Å². The van der Waals surface area contributed by atoms with Crippen molar-refractivity contribution in [2.75, 3.05) is 19.6 Å². The number of amides is 3. The lowest BCUT2D eigenvalue weighted by molar-refractivity contribution is -0.131. The first kappa shape index (κ1) is 14.7. The maximum atomic E-state index is 12.6. The number of urea groups is 1. The Morgan fingerprint density at radius 1 is 1.18 bits per heavy atom. The number of Topliss-reactive ketones (excluding diaryl/α,β-unsaturated/α-hetero) is 1. The summed E-state index contributed by atoms with van der Waals surface area (Å²) >= 11 is 0. The third kappa shape index (κ3) is 2.50. The second kappa shape index (κ2) is 5.53. The van der Waals surface area contributed by atoms with Gasteiger partial charge in [-0.1, -0.05) is 29.8 Å². The van der Waals surface area contributed by atoms with Crippen LogP contribution in [-0.4, -0.2) is 47.8 Å². The zero-order valence-electron chi connectivity index (χ0n) is 12.5. The molecule has 3 amide bonds. The maximum Gasteiger partial charge on any atom is 0.325 e. The molecule has 2 saturated heterocycles. The predicted molar refractivity (Wildman–Crippen MR) is 80.6 cm³/mol. The molecule has 0 radical (unpaired) electrons. The number of piperidine rings is 1. The van der Waals surface area contributed by atoms with Crippen molar-refractivity contribution in [3.05, 3.63) is 35.4 Å². The van der Waals surface area contributed by atoms with E-state index in [1.54, 1.807) is 12.1 Å². The van der Waals surface area contributed by atoms with Crippen molar-refractivity contribution in [1.29, 1.82) is 0 Å². The standard InChI is InChI=1S/C16H19N3O3/c1-11-2-4-12(5-3-11)13(20)10-19-14(21)16(18-15(19)22)6-8-17-9-7-16/h2-5,17H,6-10H2,1H3,(H,18,22). The first-order valence-corrected chi connectivity index (χ1v) is 7.46. The fraction of sp³-hybridized carbons (Fsp3) is 0.438. The second-order valence-electron chi connectivity index (χ2n) is 5.94. The summed E-state index contributed by atoms with van der Waals surface area (Å²) in [4.78, 5) is 38.0. The molecule has 3 rings (SSSR count). The largest absolute Gasteiger partial charge is 0.325 e. The molecule has 0 aliphatic carbocycles. The normalized spacial score (nSPS) is 20.3. The van der Waals surface area contributed by atoms with E-state index in [0.29, 0.717) is 31.5 Å². The molecule has 116 valence electrons. The molecule has 0 atom stereocenters. The van der Waals surface area contributed by atoms with Crippen LogP contribution >= 0.6 is 0 Å². The Morgan fingerprint density at radius 2 is 1.82 bits per heavy atom. The Kier molecular flexibility index (Phi) is 3.70. The molecule has 2 aliphatic heterocycles. The van der Waals surface area contributed by atoms with Crippen LogP contribution in [0.3, 0.4) is 0 Å². The van der Waals surface area contributed by atoms with Crippen LogP contribution in [0, 0.1) is 6.92 Å². The first-order chi connectivity index (χ1) is 10.5. The van der Waals surface area contributed by atoms with Gasteiger partial charge in [0.2, 0.25) is 0 Å². The molecule has 1 aromatic rings. The van der Waals surface area contributed by atoms with Gasteiger partial charge in [-0.05, 0) is 32.9 Å². The van der Waals surface area contributed by atoms with Gasteiger partial charge in [0, 0.05) is 5.56 Å². The monoisotopic (exact) mass is 301 g/mol. The van der Waals surface area contributed by atoms with Crippen LogP contribution in [0.15, 0.2) is 24.3 Å². The summed E-state index contributed by atoms with van der Waals surface area (Å²) in [5.41, 5.74) is 0.744. The van der Waals surface area contributed by atoms with Gasteiger partial charge in [-0.3, -0.25) is 14.5 Å². The van der Waals surface area contributed by atoms with Gasteiger partial charge in [-0.25, -0.2) is 4.79 Å². The molecule has 2 fully saturated rings. The van der Waals surface area contributed by atoms with Gasteiger partial charge in [0.05, 0.1) is 6.54 Å². The van der Waals surface area contributed by atoms with Gasteiger partial charge in [0.1, 0.15) is 5.54 Å². The van der Waals surface area contributed by atoms with Crippen LogP contribution in [0.1, 0.15) is 28.8 Å². The van der Waals surface area contributed by atoms with Crippen molar-refractivity contribution < 1.29 is 14.4 Å². The number of hydrogen-bond donors (Lipinski definition) is 2. The number of imide groups is 1. The van der Waals surface area contributed by atoms with E-state index < -0.39 is 11.6 Å².